The summed E-state index contributed by atoms with van der Waals surface area (Å²) in [6.07, 6.45) is -4.30. The molecule has 0 saturated carbocycles. The van der Waals surface area contributed by atoms with Crippen molar-refractivity contribution in [3.05, 3.63) is 63.7 Å². The molecule has 1 amide bonds. The van der Waals surface area contributed by atoms with E-state index < -0.39 is 32.4 Å². The monoisotopic (exact) mass is 719 g/mol. The number of ether oxygens (including phenoxy) is 3. The summed E-state index contributed by atoms with van der Waals surface area (Å²) in [6.45, 7) is 10.7. The third-order valence-electron chi connectivity index (χ3n) is 7.19. The summed E-state index contributed by atoms with van der Waals surface area (Å²) < 4.78 is 61.4. The van der Waals surface area contributed by atoms with Crippen molar-refractivity contribution in [2.45, 2.75) is 64.3 Å². The molecule has 0 aliphatic rings. The highest BCUT2D eigenvalue weighted by molar-refractivity contribution is 9.10. The van der Waals surface area contributed by atoms with Crippen LogP contribution in [0.2, 0.25) is 23.2 Å². The summed E-state index contributed by atoms with van der Waals surface area (Å²) in [6, 6.07) is 10.6. The van der Waals surface area contributed by atoms with Crippen molar-refractivity contribution in [3.8, 4) is 17.5 Å². The van der Waals surface area contributed by atoms with Crippen LogP contribution in [0.25, 0.3) is 0 Å². The Bertz CT molecular complexity index is 1450. The molecule has 0 saturated heterocycles. The van der Waals surface area contributed by atoms with Gasteiger partial charge in [0.25, 0.3) is 0 Å². The molecule has 0 fully saturated rings. The maximum atomic E-state index is 13.0. The Kier molecular flexibility index (Phi) is 11.5. The van der Waals surface area contributed by atoms with Gasteiger partial charge in [-0.15, -0.1) is 13.2 Å². The van der Waals surface area contributed by atoms with Crippen molar-refractivity contribution >= 4 is 54.0 Å². The van der Waals surface area contributed by atoms with E-state index in [2.05, 4.69) is 59.5 Å². The molecule has 44 heavy (non-hydrogen) atoms. The molecule has 3 aromatic rings. The molecule has 0 aliphatic carbocycles. The van der Waals surface area contributed by atoms with Gasteiger partial charge >= 0.3 is 18.3 Å². The number of nitrogens with zero attached hydrogens (tertiary/aromatic N) is 3. The van der Waals surface area contributed by atoms with Crippen LogP contribution in [-0.4, -0.2) is 56.4 Å². The van der Waals surface area contributed by atoms with E-state index in [1.165, 1.54) is 28.7 Å². The first-order chi connectivity index (χ1) is 20.5. The van der Waals surface area contributed by atoms with E-state index in [1.54, 1.807) is 24.3 Å². The molecule has 1 heterocycles. The van der Waals surface area contributed by atoms with Crippen molar-refractivity contribution < 1.29 is 41.4 Å². The van der Waals surface area contributed by atoms with Crippen LogP contribution in [0, 0.1) is 0 Å². The largest absolute Gasteiger partial charge is 0.573 e. The van der Waals surface area contributed by atoms with E-state index in [4.69, 9.17) is 25.5 Å². The first-order valence-corrected chi connectivity index (χ1v) is 17.5. The Balaban J connectivity index is 2.06. The van der Waals surface area contributed by atoms with Crippen molar-refractivity contribution in [3.63, 3.8) is 0 Å². The van der Waals surface area contributed by atoms with Crippen LogP contribution in [0.15, 0.2) is 53.1 Å². The van der Waals surface area contributed by atoms with Crippen LogP contribution in [-0.2, 0) is 25.3 Å². The lowest BCUT2D eigenvalue weighted by Crippen LogP contribution is -2.45. The molecule has 3 rings (SSSR count). The van der Waals surface area contributed by atoms with Crippen LogP contribution in [0.1, 0.15) is 32.8 Å². The number of amides is 1. The maximum absolute atomic E-state index is 13.0. The van der Waals surface area contributed by atoms with E-state index in [-0.39, 0.29) is 46.8 Å². The van der Waals surface area contributed by atoms with Gasteiger partial charge in [0.1, 0.15) is 17.5 Å². The number of carbonyl (C=O) groups excluding carboxylic acids is 2. The Morgan fingerprint density at radius 1 is 1.14 bits per heavy atom. The van der Waals surface area contributed by atoms with E-state index in [0.29, 0.717) is 11.4 Å². The van der Waals surface area contributed by atoms with Crippen molar-refractivity contribution in [2.24, 2.45) is 0 Å². The Morgan fingerprint density at radius 2 is 1.77 bits per heavy atom. The fraction of sp³-hybridized carbons (Fsp3) is 0.414. The molecule has 1 atom stereocenters. The third-order valence-corrected chi connectivity index (χ3v) is 12.5. The maximum Gasteiger partial charge on any atom is 0.573 e. The summed E-state index contributed by atoms with van der Waals surface area (Å²) in [5, 5.41) is 0.424. The number of methoxy groups -OCH3 is 1. The SMILES string of the molecule is COC(=O)C(CCO[Si](C)(C)C(C)(C)C)N(C=O)c1c(Br)nc(Oc2cccc(OC(F)(F)F)c2)n1Cc1ccc(Cl)cc1. The number of anilines is 1. The fourth-order valence-electron chi connectivity index (χ4n) is 3.90. The van der Waals surface area contributed by atoms with Gasteiger partial charge in [-0.2, -0.15) is 4.98 Å². The third kappa shape index (κ3) is 9.22. The van der Waals surface area contributed by atoms with Crippen LogP contribution < -0.4 is 14.4 Å². The fourth-order valence-corrected chi connectivity index (χ4v) is 5.65. The first kappa shape index (κ1) is 35.4. The molecular formula is C29H34BrClF3N3O6Si. The van der Waals surface area contributed by atoms with Gasteiger partial charge in [0, 0.05) is 24.1 Å². The second-order valence-electron chi connectivity index (χ2n) is 11.3. The number of hydrogen-bond donors (Lipinski definition) is 0. The van der Waals surface area contributed by atoms with Gasteiger partial charge < -0.3 is 18.6 Å². The molecule has 15 heteroatoms. The van der Waals surface area contributed by atoms with Gasteiger partial charge in [0.2, 0.25) is 6.41 Å². The predicted molar refractivity (Wildman–Crippen MR) is 166 cm³/mol. The Morgan fingerprint density at radius 3 is 2.34 bits per heavy atom. The first-order valence-electron chi connectivity index (χ1n) is 13.5. The topological polar surface area (TPSA) is 92.1 Å². The smallest absolute Gasteiger partial charge is 0.467 e. The van der Waals surface area contributed by atoms with Crippen molar-refractivity contribution in [1.82, 2.24) is 9.55 Å². The normalized spacial score (nSPS) is 12.9. The number of benzene rings is 2. The number of halogens is 5. The summed E-state index contributed by atoms with van der Waals surface area (Å²) in [5.41, 5.74) is 0.723. The summed E-state index contributed by atoms with van der Waals surface area (Å²) >= 11 is 9.45. The van der Waals surface area contributed by atoms with Gasteiger partial charge in [-0.05, 0) is 63.9 Å². The second kappa shape index (κ2) is 14.4. The second-order valence-corrected chi connectivity index (χ2v) is 17.3. The van der Waals surface area contributed by atoms with Gasteiger partial charge in [-0.3, -0.25) is 14.3 Å². The van der Waals surface area contributed by atoms with Crippen LogP contribution in [0.3, 0.4) is 0 Å². The molecule has 1 aromatic heterocycles. The number of esters is 1. The highest BCUT2D eigenvalue weighted by atomic mass is 79.9. The lowest BCUT2D eigenvalue weighted by Gasteiger charge is -2.37. The molecule has 0 spiro atoms. The van der Waals surface area contributed by atoms with Crippen molar-refractivity contribution in [2.75, 3.05) is 18.6 Å². The zero-order chi connectivity index (χ0) is 32.9. The number of carbonyl (C=O) groups is 2. The van der Waals surface area contributed by atoms with Gasteiger partial charge in [0.05, 0.1) is 13.7 Å². The highest BCUT2D eigenvalue weighted by Gasteiger charge is 2.39. The van der Waals surface area contributed by atoms with E-state index >= 15 is 0 Å². The minimum atomic E-state index is -4.90. The summed E-state index contributed by atoms with van der Waals surface area (Å²) in [7, 11) is -0.955. The van der Waals surface area contributed by atoms with E-state index in [1.807, 2.05) is 0 Å². The lowest BCUT2D eigenvalue weighted by atomic mass is 10.2. The number of hydrogen-bond acceptors (Lipinski definition) is 7. The predicted octanol–water partition coefficient (Wildman–Crippen LogP) is 7.95. The molecule has 0 bridgehead atoms. The Labute approximate surface area is 268 Å². The molecule has 0 N–H and O–H groups in total. The van der Waals surface area contributed by atoms with Gasteiger partial charge in [-0.1, -0.05) is 50.6 Å². The Hall–Kier alpha value is -3.07. The van der Waals surface area contributed by atoms with Crippen LogP contribution >= 0.6 is 27.5 Å². The average molecular weight is 721 g/mol. The molecule has 240 valence electrons. The standard InChI is InChI=1S/C29H34BrClF3N3O6Si/c1-28(2,3)44(5,6)41-15-14-23(26(39)40-4)37(18-38)25-24(30)35-27(36(25)17-19-10-12-20(31)13-11-19)42-21-8-7-9-22(16-21)43-29(32,33)34/h7-13,16,18,23H,14-15,17H2,1-6H3. The number of rotatable bonds is 13. The molecule has 0 aliphatic heterocycles. The van der Waals surface area contributed by atoms with Crippen LogP contribution in [0.4, 0.5) is 19.0 Å². The van der Waals surface area contributed by atoms with Gasteiger partial charge in [-0.25, -0.2) is 4.79 Å². The number of imidazole rings is 1. The summed E-state index contributed by atoms with van der Waals surface area (Å²) in [4.78, 5) is 31.3. The minimum Gasteiger partial charge on any atom is -0.467 e. The van der Waals surface area contributed by atoms with Crippen molar-refractivity contribution in [1.29, 1.82) is 0 Å². The number of alkyl halides is 3. The number of aromatic nitrogens is 2. The molecule has 9 nitrogen and oxygen atoms in total. The summed E-state index contributed by atoms with van der Waals surface area (Å²) in [5.74, 6) is -1.04. The van der Waals surface area contributed by atoms with E-state index in [9.17, 15) is 22.8 Å². The molecule has 0 radical (unpaired) electrons. The zero-order valence-electron chi connectivity index (χ0n) is 25.1. The quantitative estimate of drug-likeness (QED) is 0.101. The molecule has 2 aromatic carbocycles. The molecule has 1 unspecified atom stereocenters. The van der Waals surface area contributed by atoms with Crippen LogP contribution in [0.5, 0.6) is 17.5 Å². The zero-order valence-corrected chi connectivity index (χ0v) is 28.4. The minimum absolute atomic E-state index is 0.0157. The lowest BCUT2D eigenvalue weighted by molar-refractivity contribution is -0.274. The van der Waals surface area contributed by atoms with E-state index in [0.717, 1.165) is 17.7 Å². The molecular weight excluding hydrogens is 687 g/mol. The average Bonchev–Trinajstić information content (AvgIpc) is 3.21. The highest BCUT2D eigenvalue weighted by Crippen LogP contribution is 2.38. The van der Waals surface area contributed by atoms with Gasteiger partial charge in [0.15, 0.2) is 18.7 Å².